The van der Waals surface area contributed by atoms with E-state index >= 15 is 0 Å². The van der Waals surface area contributed by atoms with Crippen LogP contribution in [-0.2, 0) is 11.2 Å². The van der Waals surface area contributed by atoms with E-state index in [0.29, 0.717) is 11.7 Å². The summed E-state index contributed by atoms with van der Waals surface area (Å²) in [5.74, 6) is 0.0170. The summed E-state index contributed by atoms with van der Waals surface area (Å²) >= 11 is 1.39. The molecule has 6 nitrogen and oxygen atoms in total. The molecule has 0 aliphatic carbocycles. The van der Waals surface area contributed by atoms with Gasteiger partial charge in [-0.05, 0) is 59.1 Å². The van der Waals surface area contributed by atoms with Crippen LogP contribution in [0, 0.1) is 27.7 Å². The fraction of sp³-hybridized carbons (Fsp3) is 0.529. The van der Waals surface area contributed by atoms with Gasteiger partial charge in [-0.1, -0.05) is 11.8 Å². The fourth-order valence-electron chi connectivity index (χ4n) is 2.52. The van der Waals surface area contributed by atoms with Crippen LogP contribution in [0.2, 0.25) is 0 Å². The number of nitrogens with zero attached hydrogens (tertiary/aromatic N) is 3. The molecule has 24 heavy (non-hydrogen) atoms. The van der Waals surface area contributed by atoms with Gasteiger partial charge in [-0.15, -0.1) is 0 Å². The summed E-state index contributed by atoms with van der Waals surface area (Å²) in [5, 5.41) is 10.6. The van der Waals surface area contributed by atoms with Crippen LogP contribution in [0.4, 0.5) is 0 Å². The van der Waals surface area contributed by atoms with Gasteiger partial charge in [-0.25, -0.2) is 9.97 Å². The lowest BCUT2D eigenvalue weighted by molar-refractivity contribution is -0.120. The van der Waals surface area contributed by atoms with E-state index in [0.717, 1.165) is 35.6 Å². The zero-order valence-electron chi connectivity index (χ0n) is 14.9. The lowest BCUT2D eigenvalue weighted by Gasteiger charge is -2.11. The van der Waals surface area contributed by atoms with E-state index in [2.05, 4.69) is 25.5 Å². The first-order valence-corrected chi connectivity index (χ1v) is 9.02. The van der Waals surface area contributed by atoms with Gasteiger partial charge in [0.25, 0.3) is 0 Å². The molecule has 1 atom stereocenters. The number of carbonyl (C=O) groups is 1. The Morgan fingerprint density at radius 2 is 1.92 bits per heavy atom. The number of aromatic amines is 1. The highest BCUT2D eigenvalue weighted by molar-refractivity contribution is 8.00. The van der Waals surface area contributed by atoms with E-state index in [-0.39, 0.29) is 11.2 Å². The standard InChI is InChI=1S/C17H25N5OS/c1-10-9-11(2)20-17(19-10)24-14(5)16(23)18-8-6-7-15-12(3)21-22-13(15)4/h9,14H,6-8H2,1-5H3,(H,18,23)(H,21,22)/t14-/m0/s1. The molecule has 0 aliphatic rings. The Bertz CT molecular complexity index is 673. The predicted octanol–water partition coefficient (Wildman–Crippen LogP) is 2.66. The number of hydrogen-bond acceptors (Lipinski definition) is 5. The molecule has 1 amide bonds. The number of thioether (sulfide) groups is 1. The maximum atomic E-state index is 12.2. The van der Waals surface area contributed by atoms with Crippen molar-refractivity contribution in [2.75, 3.05) is 6.54 Å². The summed E-state index contributed by atoms with van der Waals surface area (Å²) in [6.07, 6.45) is 1.81. The molecule has 2 aromatic rings. The molecular formula is C17H25N5OS. The minimum absolute atomic E-state index is 0.0170. The number of aromatic nitrogens is 4. The van der Waals surface area contributed by atoms with E-state index in [1.807, 2.05) is 40.7 Å². The van der Waals surface area contributed by atoms with Crippen molar-refractivity contribution >= 4 is 17.7 Å². The number of H-pyrrole nitrogens is 1. The van der Waals surface area contributed by atoms with Crippen LogP contribution in [0.3, 0.4) is 0 Å². The Kier molecular flexibility index (Phi) is 6.36. The summed E-state index contributed by atoms with van der Waals surface area (Å²) in [5.41, 5.74) is 5.23. The first-order chi connectivity index (χ1) is 11.4. The molecule has 0 saturated carbocycles. The minimum Gasteiger partial charge on any atom is -0.355 e. The summed E-state index contributed by atoms with van der Waals surface area (Å²) < 4.78 is 0. The van der Waals surface area contributed by atoms with Crippen LogP contribution in [0.15, 0.2) is 11.2 Å². The molecule has 0 unspecified atom stereocenters. The maximum Gasteiger partial charge on any atom is 0.233 e. The normalized spacial score (nSPS) is 12.2. The average molecular weight is 347 g/mol. The third-order valence-electron chi connectivity index (χ3n) is 3.80. The van der Waals surface area contributed by atoms with Gasteiger partial charge < -0.3 is 5.32 Å². The third kappa shape index (κ3) is 5.06. The van der Waals surface area contributed by atoms with Crippen molar-refractivity contribution < 1.29 is 4.79 Å². The second-order valence-corrected chi connectivity index (χ2v) is 7.31. The predicted molar refractivity (Wildman–Crippen MR) is 96.2 cm³/mol. The second kappa shape index (κ2) is 8.28. The van der Waals surface area contributed by atoms with Crippen molar-refractivity contribution in [3.8, 4) is 0 Å². The molecule has 7 heteroatoms. The van der Waals surface area contributed by atoms with E-state index in [4.69, 9.17) is 0 Å². The average Bonchev–Trinajstić information content (AvgIpc) is 2.81. The lowest BCUT2D eigenvalue weighted by atomic mass is 10.1. The Balaban J connectivity index is 1.77. The van der Waals surface area contributed by atoms with E-state index in [9.17, 15) is 4.79 Å². The van der Waals surface area contributed by atoms with Crippen molar-refractivity contribution in [2.24, 2.45) is 0 Å². The van der Waals surface area contributed by atoms with E-state index < -0.39 is 0 Å². The van der Waals surface area contributed by atoms with Gasteiger partial charge >= 0.3 is 0 Å². The quantitative estimate of drug-likeness (QED) is 0.457. The van der Waals surface area contributed by atoms with Crippen LogP contribution in [-0.4, -0.2) is 37.9 Å². The molecule has 0 spiro atoms. The van der Waals surface area contributed by atoms with Gasteiger partial charge in [-0.2, -0.15) is 5.10 Å². The zero-order chi connectivity index (χ0) is 17.7. The fourth-order valence-corrected chi connectivity index (χ4v) is 3.42. The molecule has 0 aromatic carbocycles. The largest absolute Gasteiger partial charge is 0.355 e. The van der Waals surface area contributed by atoms with Crippen LogP contribution in [0.1, 0.15) is 41.7 Å². The first-order valence-electron chi connectivity index (χ1n) is 8.14. The number of nitrogens with one attached hydrogen (secondary N) is 2. The maximum absolute atomic E-state index is 12.2. The van der Waals surface area contributed by atoms with Crippen molar-refractivity contribution in [3.05, 3.63) is 34.4 Å². The van der Waals surface area contributed by atoms with Gasteiger partial charge in [0.1, 0.15) is 0 Å². The Labute approximate surface area is 147 Å². The molecule has 0 aliphatic heterocycles. The van der Waals surface area contributed by atoms with Crippen molar-refractivity contribution in [1.82, 2.24) is 25.5 Å². The second-order valence-electron chi connectivity index (χ2n) is 6.00. The Morgan fingerprint density at radius 3 is 2.50 bits per heavy atom. The van der Waals surface area contributed by atoms with Gasteiger partial charge in [0.15, 0.2) is 5.16 Å². The van der Waals surface area contributed by atoms with Crippen LogP contribution in [0.5, 0.6) is 0 Å². The summed E-state index contributed by atoms with van der Waals surface area (Å²) in [7, 11) is 0. The molecule has 0 saturated heterocycles. The molecule has 0 radical (unpaired) electrons. The van der Waals surface area contributed by atoms with E-state index in [1.54, 1.807) is 0 Å². The highest BCUT2D eigenvalue weighted by Gasteiger charge is 2.16. The topological polar surface area (TPSA) is 83.6 Å². The number of aryl methyl sites for hydroxylation is 4. The minimum atomic E-state index is -0.219. The summed E-state index contributed by atoms with van der Waals surface area (Å²) in [6, 6.07) is 1.93. The first kappa shape index (κ1) is 18.4. The molecule has 2 N–H and O–H groups in total. The molecule has 0 fully saturated rings. The molecule has 130 valence electrons. The summed E-state index contributed by atoms with van der Waals surface area (Å²) in [6.45, 7) is 10.4. The molecule has 2 heterocycles. The highest BCUT2D eigenvalue weighted by Crippen LogP contribution is 2.20. The smallest absolute Gasteiger partial charge is 0.233 e. The highest BCUT2D eigenvalue weighted by atomic mass is 32.2. The number of amides is 1. The van der Waals surface area contributed by atoms with Gasteiger partial charge in [0, 0.05) is 23.6 Å². The van der Waals surface area contributed by atoms with Crippen molar-refractivity contribution in [3.63, 3.8) is 0 Å². The van der Waals surface area contributed by atoms with Crippen LogP contribution in [0.25, 0.3) is 0 Å². The number of hydrogen-bond donors (Lipinski definition) is 2. The number of carbonyl (C=O) groups excluding carboxylic acids is 1. The molecule has 2 aromatic heterocycles. The molecule has 2 rings (SSSR count). The lowest BCUT2D eigenvalue weighted by Crippen LogP contribution is -2.32. The zero-order valence-corrected chi connectivity index (χ0v) is 15.8. The molecule has 0 bridgehead atoms. The van der Waals surface area contributed by atoms with Gasteiger partial charge in [0.05, 0.1) is 10.9 Å². The van der Waals surface area contributed by atoms with Crippen LogP contribution < -0.4 is 5.32 Å². The van der Waals surface area contributed by atoms with Gasteiger partial charge in [0.2, 0.25) is 5.91 Å². The third-order valence-corrected chi connectivity index (χ3v) is 4.76. The monoisotopic (exact) mass is 347 g/mol. The van der Waals surface area contributed by atoms with Crippen molar-refractivity contribution in [2.45, 2.75) is 57.9 Å². The van der Waals surface area contributed by atoms with E-state index in [1.165, 1.54) is 17.3 Å². The Morgan fingerprint density at radius 1 is 1.25 bits per heavy atom. The Hall–Kier alpha value is -1.89. The van der Waals surface area contributed by atoms with Crippen LogP contribution >= 0.6 is 11.8 Å². The SMILES string of the molecule is Cc1cc(C)nc(S[C@@H](C)C(=O)NCCCc2c(C)n[nH]c2C)n1. The number of rotatable bonds is 7. The molecular weight excluding hydrogens is 322 g/mol. The van der Waals surface area contributed by atoms with Gasteiger partial charge in [-0.3, -0.25) is 9.89 Å². The van der Waals surface area contributed by atoms with Crippen molar-refractivity contribution in [1.29, 1.82) is 0 Å². The summed E-state index contributed by atoms with van der Waals surface area (Å²) in [4.78, 5) is 20.9.